The zero-order valence-corrected chi connectivity index (χ0v) is 20.6. The fourth-order valence-electron chi connectivity index (χ4n) is 5.01. The summed E-state index contributed by atoms with van der Waals surface area (Å²) in [6.07, 6.45) is 6.24. The van der Waals surface area contributed by atoms with Crippen LogP contribution in [0.15, 0.2) is 30.3 Å². The minimum atomic E-state index is -0.569. The molecule has 3 saturated heterocycles. The largest absolute Gasteiger partial charge is 0.493 e. The van der Waals surface area contributed by atoms with Crippen molar-refractivity contribution in [2.45, 2.75) is 38.6 Å². The number of nitrogens with zero attached hydrogens (tertiary/aromatic N) is 3. The van der Waals surface area contributed by atoms with E-state index < -0.39 is 6.04 Å². The molecule has 182 valence electrons. The first-order valence-corrected chi connectivity index (χ1v) is 12.3. The molecule has 3 heterocycles. The Balaban J connectivity index is 1.28. The number of piperidine rings is 1. The topological polar surface area (TPSA) is 82.2 Å². The summed E-state index contributed by atoms with van der Waals surface area (Å²) in [6, 6.07) is 7.11. The Bertz CT molecular complexity index is 1000. The van der Waals surface area contributed by atoms with Gasteiger partial charge in [0.25, 0.3) is 5.91 Å². The SMILES string of the molecule is CCOc1ccccc1C=CC(=O)N1CCC2(CC1)CCN(C(=O)CC1NC(=S)N(C)C1=O)C2. The first-order valence-electron chi connectivity index (χ1n) is 11.9. The highest BCUT2D eigenvalue weighted by Crippen LogP contribution is 2.40. The molecule has 3 aliphatic rings. The molecule has 0 bridgehead atoms. The van der Waals surface area contributed by atoms with E-state index in [1.54, 1.807) is 13.1 Å². The molecule has 1 atom stereocenters. The van der Waals surface area contributed by atoms with Gasteiger partial charge < -0.3 is 19.9 Å². The smallest absolute Gasteiger partial charge is 0.251 e. The summed E-state index contributed by atoms with van der Waals surface area (Å²) < 4.78 is 5.63. The van der Waals surface area contributed by atoms with Crippen molar-refractivity contribution in [3.63, 3.8) is 0 Å². The van der Waals surface area contributed by atoms with E-state index in [2.05, 4.69) is 5.32 Å². The van der Waals surface area contributed by atoms with Crippen molar-refractivity contribution in [2.75, 3.05) is 39.8 Å². The van der Waals surface area contributed by atoms with Crippen molar-refractivity contribution in [1.29, 1.82) is 0 Å². The fraction of sp³-hybridized carbons (Fsp3) is 0.520. The molecule has 34 heavy (non-hydrogen) atoms. The lowest BCUT2D eigenvalue weighted by molar-refractivity contribution is -0.135. The maximum absolute atomic E-state index is 12.8. The van der Waals surface area contributed by atoms with Crippen LogP contribution in [0, 0.1) is 5.41 Å². The van der Waals surface area contributed by atoms with Crippen LogP contribution in [0.2, 0.25) is 0 Å². The van der Waals surface area contributed by atoms with Crippen molar-refractivity contribution in [2.24, 2.45) is 5.41 Å². The standard InChI is InChI=1S/C25H32N4O4S/c1-3-33-20-7-5-4-6-18(20)8-9-21(30)28-13-10-25(11-14-28)12-15-29(17-25)22(31)16-19-23(32)27(2)24(34)26-19/h4-9,19H,3,10-17H2,1-2H3,(H,26,34). The summed E-state index contributed by atoms with van der Waals surface area (Å²) in [7, 11) is 1.62. The van der Waals surface area contributed by atoms with Gasteiger partial charge in [0.05, 0.1) is 13.0 Å². The molecule has 0 saturated carbocycles. The number of carbonyl (C=O) groups is 3. The Hall–Kier alpha value is -2.94. The lowest BCUT2D eigenvalue weighted by atomic mass is 9.78. The van der Waals surface area contributed by atoms with E-state index in [0.717, 1.165) is 30.6 Å². The van der Waals surface area contributed by atoms with Crippen molar-refractivity contribution in [3.05, 3.63) is 35.9 Å². The van der Waals surface area contributed by atoms with Crippen molar-refractivity contribution < 1.29 is 19.1 Å². The third-order valence-electron chi connectivity index (χ3n) is 7.16. The van der Waals surface area contributed by atoms with Gasteiger partial charge in [0.15, 0.2) is 5.11 Å². The highest BCUT2D eigenvalue weighted by Gasteiger charge is 2.43. The van der Waals surface area contributed by atoms with E-state index in [1.165, 1.54) is 4.90 Å². The summed E-state index contributed by atoms with van der Waals surface area (Å²) in [5.74, 6) is 0.592. The average Bonchev–Trinajstić information content (AvgIpc) is 3.35. The van der Waals surface area contributed by atoms with Gasteiger partial charge in [-0.3, -0.25) is 19.3 Å². The van der Waals surface area contributed by atoms with Gasteiger partial charge in [-0.1, -0.05) is 18.2 Å². The van der Waals surface area contributed by atoms with Gasteiger partial charge in [-0.25, -0.2) is 0 Å². The van der Waals surface area contributed by atoms with Crippen LogP contribution in [-0.2, 0) is 14.4 Å². The van der Waals surface area contributed by atoms with Crippen LogP contribution in [0.25, 0.3) is 6.08 Å². The molecule has 1 unspecified atom stereocenters. The fourth-order valence-corrected chi connectivity index (χ4v) is 5.24. The minimum absolute atomic E-state index is 0.00186. The molecule has 0 aromatic heterocycles. The molecular weight excluding hydrogens is 452 g/mol. The molecule has 1 spiro atoms. The first kappa shape index (κ1) is 24.2. The van der Waals surface area contributed by atoms with E-state index in [-0.39, 0.29) is 29.6 Å². The third kappa shape index (κ3) is 5.09. The third-order valence-corrected chi connectivity index (χ3v) is 7.55. The predicted octanol–water partition coefficient (Wildman–Crippen LogP) is 2.04. The number of likely N-dealkylation sites (N-methyl/N-ethyl adjacent to an activating group) is 1. The summed E-state index contributed by atoms with van der Waals surface area (Å²) >= 11 is 5.10. The molecule has 1 aromatic carbocycles. The second kappa shape index (κ2) is 10.1. The number of likely N-dealkylation sites (tertiary alicyclic amines) is 2. The number of para-hydroxylation sites is 1. The van der Waals surface area contributed by atoms with Crippen LogP contribution < -0.4 is 10.1 Å². The molecule has 3 fully saturated rings. The van der Waals surface area contributed by atoms with Crippen LogP contribution >= 0.6 is 12.2 Å². The maximum Gasteiger partial charge on any atom is 0.251 e. The Kier molecular flexibility index (Phi) is 7.21. The summed E-state index contributed by atoms with van der Waals surface area (Å²) in [6.45, 7) is 5.26. The number of hydrogen-bond donors (Lipinski definition) is 1. The van der Waals surface area contributed by atoms with Crippen LogP contribution in [0.1, 0.15) is 38.2 Å². The minimum Gasteiger partial charge on any atom is -0.493 e. The molecule has 3 amide bonds. The number of rotatable bonds is 6. The predicted molar refractivity (Wildman–Crippen MR) is 133 cm³/mol. The Morgan fingerprint density at radius 1 is 1.18 bits per heavy atom. The Morgan fingerprint density at radius 3 is 2.50 bits per heavy atom. The number of benzene rings is 1. The van der Waals surface area contributed by atoms with Gasteiger partial charge >= 0.3 is 0 Å². The molecule has 1 aromatic rings. The van der Waals surface area contributed by atoms with Gasteiger partial charge in [-0.2, -0.15) is 0 Å². The molecule has 3 aliphatic heterocycles. The summed E-state index contributed by atoms with van der Waals surface area (Å²) in [5.41, 5.74) is 0.940. The van der Waals surface area contributed by atoms with Gasteiger partial charge in [-0.15, -0.1) is 0 Å². The molecule has 0 radical (unpaired) electrons. The summed E-state index contributed by atoms with van der Waals surface area (Å²) in [4.78, 5) is 43.0. The zero-order chi connectivity index (χ0) is 24.3. The highest BCUT2D eigenvalue weighted by molar-refractivity contribution is 7.80. The van der Waals surface area contributed by atoms with Gasteiger partial charge in [0.1, 0.15) is 11.8 Å². The number of hydrogen-bond acceptors (Lipinski definition) is 5. The van der Waals surface area contributed by atoms with Gasteiger partial charge in [0, 0.05) is 44.9 Å². The van der Waals surface area contributed by atoms with E-state index in [0.29, 0.717) is 37.9 Å². The summed E-state index contributed by atoms with van der Waals surface area (Å²) in [5, 5.41) is 3.30. The maximum atomic E-state index is 12.8. The molecule has 4 rings (SSSR count). The monoisotopic (exact) mass is 484 g/mol. The Labute approximate surface area is 205 Å². The molecule has 1 N–H and O–H groups in total. The molecular formula is C25H32N4O4S. The van der Waals surface area contributed by atoms with Crippen molar-refractivity contribution in [1.82, 2.24) is 20.0 Å². The van der Waals surface area contributed by atoms with E-state index >= 15 is 0 Å². The van der Waals surface area contributed by atoms with Crippen LogP contribution in [-0.4, -0.2) is 83.4 Å². The lowest BCUT2D eigenvalue weighted by Gasteiger charge is -2.39. The molecule has 8 nitrogen and oxygen atoms in total. The van der Waals surface area contributed by atoms with E-state index in [4.69, 9.17) is 17.0 Å². The lowest BCUT2D eigenvalue weighted by Crippen LogP contribution is -2.44. The quantitative estimate of drug-likeness (QED) is 0.492. The molecule has 0 aliphatic carbocycles. The van der Waals surface area contributed by atoms with Crippen LogP contribution in [0.4, 0.5) is 0 Å². The zero-order valence-electron chi connectivity index (χ0n) is 19.8. The average molecular weight is 485 g/mol. The normalized spacial score (nSPS) is 22.1. The number of thiocarbonyl (C=S) groups is 1. The van der Waals surface area contributed by atoms with Crippen LogP contribution in [0.5, 0.6) is 5.75 Å². The highest BCUT2D eigenvalue weighted by atomic mass is 32.1. The number of carbonyl (C=O) groups excluding carboxylic acids is 3. The second-order valence-corrected chi connectivity index (χ2v) is 9.68. The van der Waals surface area contributed by atoms with Crippen molar-refractivity contribution in [3.8, 4) is 5.75 Å². The molecule has 9 heteroatoms. The Morgan fingerprint density at radius 2 is 1.85 bits per heavy atom. The first-order chi connectivity index (χ1) is 16.3. The van der Waals surface area contributed by atoms with Gasteiger partial charge in [-0.05, 0) is 56.0 Å². The number of ether oxygens (including phenoxy) is 1. The van der Waals surface area contributed by atoms with E-state index in [9.17, 15) is 14.4 Å². The van der Waals surface area contributed by atoms with Gasteiger partial charge in [0.2, 0.25) is 11.8 Å². The number of amides is 3. The van der Waals surface area contributed by atoms with E-state index in [1.807, 2.05) is 47.1 Å². The number of nitrogens with one attached hydrogen (secondary N) is 1. The second-order valence-electron chi connectivity index (χ2n) is 9.30. The van der Waals surface area contributed by atoms with Crippen LogP contribution in [0.3, 0.4) is 0 Å². The van der Waals surface area contributed by atoms with Crippen molar-refractivity contribution >= 4 is 41.1 Å².